The van der Waals surface area contributed by atoms with Crippen molar-refractivity contribution in [2.75, 3.05) is 13.7 Å². The van der Waals surface area contributed by atoms with Crippen LogP contribution < -0.4 is 5.73 Å². The van der Waals surface area contributed by atoms with Gasteiger partial charge in [0.05, 0.1) is 5.69 Å². The Morgan fingerprint density at radius 1 is 1.69 bits per heavy atom. The van der Waals surface area contributed by atoms with E-state index in [1.54, 1.807) is 13.3 Å². The van der Waals surface area contributed by atoms with Crippen LogP contribution in [0.2, 0.25) is 0 Å². The summed E-state index contributed by atoms with van der Waals surface area (Å²) in [6, 6.07) is 3.79. The van der Waals surface area contributed by atoms with Crippen molar-refractivity contribution < 1.29 is 4.74 Å². The van der Waals surface area contributed by atoms with E-state index in [-0.39, 0.29) is 0 Å². The van der Waals surface area contributed by atoms with Gasteiger partial charge in [-0.05, 0) is 35.0 Å². The molecule has 1 unspecified atom stereocenters. The van der Waals surface area contributed by atoms with Gasteiger partial charge in [0.25, 0.3) is 0 Å². The average molecular weight is 245 g/mol. The number of aromatic nitrogens is 1. The molecule has 0 aliphatic heterocycles. The van der Waals surface area contributed by atoms with Crippen molar-refractivity contribution in [1.82, 2.24) is 4.98 Å². The molecule has 0 fully saturated rings. The van der Waals surface area contributed by atoms with Crippen molar-refractivity contribution in [1.29, 1.82) is 0 Å². The Bertz CT molecular complexity index is 287. The van der Waals surface area contributed by atoms with E-state index in [0.717, 1.165) is 10.2 Å². The van der Waals surface area contributed by atoms with E-state index in [1.165, 1.54) is 0 Å². The molecule has 0 aliphatic rings. The van der Waals surface area contributed by atoms with Gasteiger partial charge in [0.1, 0.15) is 5.60 Å². The van der Waals surface area contributed by atoms with Crippen LogP contribution in [-0.4, -0.2) is 18.6 Å². The van der Waals surface area contributed by atoms with E-state index in [4.69, 9.17) is 10.5 Å². The first kappa shape index (κ1) is 10.6. The lowest BCUT2D eigenvalue weighted by atomic mass is 10.0. The van der Waals surface area contributed by atoms with Gasteiger partial charge in [0.2, 0.25) is 0 Å². The second-order valence-electron chi connectivity index (χ2n) is 2.97. The molecule has 0 aliphatic carbocycles. The molecule has 4 heteroatoms. The summed E-state index contributed by atoms with van der Waals surface area (Å²) >= 11 is 3.42. The third kappa shape index (κ3) is 2.07. The Balaban J connectivity index is 3.12. The van der Waals surface area contributed by atoms with Gasteiger partial charge in [-0.2, -0.15) is 0 Å². The fourth-order valence-corrected chi connectivity index (χ4v) is 1.73. The second-order valence-corrected chi connectivity index (χ2v) is 3.83. The third-order valence-corrected chi connectivity index (χ3v) is 2.74. The number of halogens is 1. The first-order valence-electron chi connectivity index (χ1n) is 4.00. The monoisotopic (exact) mass is 244 g/mol. The highest BCUT2D eigenvalue weighted by Crippen LogP contribution is 2.27. The average Bonchev–Trinajstić information content (AvgIpc) is 2.17. The SMILES string of the molecule is COC(C)(CN)c1ncccc1Br. The molecular weight excluding hydrogens is 232 g/mol. The molecular formula is C9H13BrN2O. The number of pyridine rings is 1. The highest BCUT2D eigenvalue weighted by atomic mass is 79.9. The normalized spacial score (nSPS) is 15.4. The molecule has 3 nitrogen and oxygen atoms in total. The zero-order valence-electron chi connectivity index (χ0n) is 7.75. The number of nitrogens with zero attached hydrogens (tertiary/aromatic N) is 1. The molecule has 0 aromatic carbocycles. The van der Waals surface area contributed by atoms with Crippen LogP contribution in [0.25, 0.3) is 0 Å². The fraction of sp³-hybridized carbons (Fsp3) is 0.444. The largest absolute Gasteiger partial charge is 0.371 e. The van der Waals surface area contributed by atoms with Crippen LogP contribution in [0.15, 0.2) is 22.8 Å². The number of hydrogen-bond donors (Lipinski definition) is 1. The Labute approximate surface area is 86.4 Å². The molecule has 2 N–H and O–H groups in total. The zero-order chi connectivity index (χ0) is 9.90. The summed E-state index contributed by atoms with van der Waals surface area (Å²) in [4.78, 5) is 4.24. The minimum Gasteiger partial charge on any atom is -0.371 e. The standard InChI is InChI=1S/C9H13BrN2O/c1-9(6-11,13-2)8-7(10)4-3-5-12-8/h3-5H,6,11H2,1-2H3. The Hall–Kier alpha value is -0.450. The quantitative estimate of drug-likeness (QED) is 0.881. The molecule has 13 heavy (non-hydrogen) atoms. The maximum absolute atomic E-state index is 5.63. The fourth-order valence-electron chi connectivity index (χ4n) is 1.05. The maximum Gasteiger partial charge on any atom is 0.120 e. The number of ether oxygens (including phenoxy) is 1. The molecule has 0 radical (unpaired) electrons. The van der Waals surface area contributed by atoms with Crippen LogP contribution in [0, 0.1) is 0 Å². The summed E-state index contributed by atoms with van der Waals surface area (Å²) in [5.41, 5.74) is 5.95. The zero-order valence-corrected chi connectivity index (χ0v) is 9.34. The molecule has 0 spiro atoms. The molecule has 0 saturated heterocycles. The van der Waals surface area contributed by atoms with Crippen molar-refractivity contribution in [3.63, 3.8) is 0 Å². The van der Waals surface area contributed by atoms with Gasteiger partial charge in [0.15, 0.2) is 0 Å². The summed E-state index contributed by atoms with van der Waals surface area (Å²) < 4.78 is 6.26. The van der Waals surface area contributed by atoms with Crippen molar-refractivity contribution in [3.05, 3.63) is 28.5 Å². The minimum atomic E-state index is -0.514. The predicted octanol–water partition coefficient (Wildman–Crippen LogP) is 1.66. The van der Waals surface area contributed by atoms with Crippen LogP contribution >= 0.6 is 15.9 Å². The summed E-state index contributed by atoms with van der Waals surface area (Å²) in [7, 11) is 1.63. The van der Waals surface area contributed by atoms with Crippen LogP contribution in [0.5, 0.6) is 0 Å². The van der Waals surface area contributed by atoms with Crippen molar-refractivity contribution >= 4 is 15.9 Å². The van der Waals surface area contributed by atoms with E-state index in [9.17, 15) is 0 Å². The van der Waals surface area contributed by atoms with Crippen LogP contribution in [0.4, 0.5) is 0 Å². The lowest BCUT2D eigenvalue weighted by Crippen LogP contribution is -2.35. The lowest BCUT2D eigenvalue weighted by Gasteiger charge is -2.26. The van der Waals surface area contributed by atoms with Crippen LogP contribution in [-0.2, 0) is 10.3 Å². The van der Waals surface area contributed by atoms with Crippen molar-refractivity contribution in [3.8, 4) is 0 Å². The molecule has 1 atom stereocenters. The lowest BCUT2D eigenvalue weighted by molar-refractivity contribution is 0.00576. The molecule has 1 rings (SSSR count). The molecule has 1 aromatic heterocycles. The van der Waals surface area contributed by atoms with Gasteiger partial charge in [-0.3, -0.25) is 4.98 Å². The van der Waals surface area contributed by atoms with Gasteiger partial charge < -0.3 is 10.5 Å². The van der Waals surface area contributed by atoms with E-state index >= 15 is 0 Å². The van der Waals surface area contributed by atoms with Gasteiger partial charge in [-0.25, -0.2) is 0 Å². The van der Waals surface area contributed by atoms with E-state index in [1.807, 2.05) is 19.1 Å². The molecule has 0 saturated carbocycles. The topological polar surface area (TPSA) is 48.1 Å². The Morgan fingerprint density at radius 3 is 2.85 bits per heavy atom. The molecule has 1 heterocycles. The van der Waals surface area contributed by atoms with Crippen molar-refractivity contribution in [2.45, 2.75) is 12.5 Å². The number of rotatable bonds is 3. The number of nitrogens with two attached hydrogens (primary N) is 1. The Kier molecular flexibility index (Phi) is 3.41. The third-order valence-electron chi connectivity index (χ3n) is 2.10. The first-order chi connectivity index (χ1) is 6.14. The molecule has 0 bridgehead atoms. The molecule has 72 valence electrons. The van der Waals surface area contributed by atoms with Gasteiger partial charge in [-0.1, -0.05) is 0 Å². The summed E-state index contributed by atoms with van der Waals surface area (Å²) in [5, 5.41) is 0. The minimum absolute atomic E-state index is 0.402. The number of hydrogen-bond acceptors (Lipinski definition) is 3. The summed E-state index contributed by atoms with van der Waals surface area (Å²) in [6.45, 7) is 2.32. The van der Waals surface area contributed by atoms with E-state index in [2.05, 4.69) is 20.9 Å². The van der Waals surface area contributed by atoms with Gasteiger partial charge in [0, 0.05) is 24.3 Å². The summed E-state index contributed by atoms with van der Waals surface area (Å²) in [5.74, 6) is 0. The maximum atomic E-state index is 5.63. The van der Waals surface area contributed by atoms with E-state index < -0.39 is 5.60 Å². The highest BCUT2D eigenvalue weighted by molar-refractivity contribution is 9.10. The second kappa shape index (κ2) is 4.17. The Morgan fingerprint density at radius 2 is 2.38 bits per heavy atom. The summed E-state index contributed by atoms with van der Waals surface area (Å²) in [6.07, 6.45) is 1.73. The van der Waals surface area contributed by atoms with Crippen LogP contribution in [0.3, 0.4) is 0 Å². The van der Waals surface area contributed by atoms with Gasteiger partial charge >= 0.3 is 0 Å². The smallest absolute Gasteiger partial charge is 0.120 e. The van der Waals surface area contributed by atoms with Crippen LogP contribution in [0.1, 0.15) is 12.6 Å². The van der Waals surface area contributed by atoms with Crippen molar-refractivity contribution in [2.24, 2.45) is 5.73 Å². The number of methoxy groups -OCH3 is 1. The molecule has 1 aromatic rings. The van der Waals surface area contributed by atoms with Gasteiger partial charge in [-0.15, -0.1) is 0 Å². The van der Waals surface area contributed by atoms with E-state index in [0.29, 0.717) is 6.54 Å². The predicted molar refractivity (Wildman–Crippen MR) is 55.4 cm³/mol. The first-order valence-corrected chi connectivity index (χ1v) is 4.79. The highest BCUT2D eigenvalue weighted by Gasteiger charge is 2.27. The molecule has 0 amide bonds.